The predicted molar refractivity (Wildman–Crippen MR) is 123 cm³/mol. The third-order valence-electron chi connectivity index (χ3n) is 5.40. The molecule has 2 heterocycles. The van der Waals surface area contributed by atoms with E-state index in [1.165, 1.54) is 6.92 Å². The number of benzene rings is 1. The molecule has 3 rings (SSSR count). The molecule has 0 spiro atoms. The molecule has 0 saturated carbocycles. The van der Waals surface area contributed by atoms with E-state index in [2.05, 4.69) is 10.3 Å². The summed E-state index contributed by atoms with van der Waals surface area (Å²) in [5.74, 6) is -4.18. The van der Waals surface area contributed by atoms with Crippen molar-refractivity contribution in [1.82, 2.24) is 9.88 Å². The Morgan fingerprint density at radius 2 is 2.12 bits per heavy atom. The summed E-state index contributed by atoms with van der Waals surface area (Å²) < 4.78 is 53.0. The number of hydrogen-bond donors (Lipinski definition) is 2. The van der Waals surface area contributed by atoms with E-state index >= 15 is 0 Å². The molecule has 1 unspecified atom stereocenters. The molecule has 11 heteroatoms. The second kappa shape index (κ2) is 10.1. The van der Waals surface area contributed by atoms with Crippen molar-refractivity contribution in [3.63, 3.8) is 0 Å². The minimum atomic E-state index is -5.18. The van der Waals surface area contributed by atoms with E-state index in [9.17, 15) is 27.5 Å². The summed E-state index contributed by atoms with van der Waals surface area (Å²) in [5.41, 5.74) is -0.147. The number of fused-ring (bicyclic) bond motifs is 1. The SMILES string of the molecule is CCS/C(=C(/F)C(F)(F)F)C1C[C@@](C)(O)N(CCCNc2ccnc3cc(Cl)ccc23)C1=O. The summed E-state index contributed by atoms with van der Waals surface area (Å²) >= 11 is 6.64. The number of pyridine rings is 1. The Balaban J connectivity index is 1.69. The molecular weight excluding hydrogens is 482 g/mol. The van der Waals surface area contributed by atoms with Gasteiger partial charge in [0.1, 0.15) is 5.72 Å². The monoisotopic (exact) mass is 505 g/mol. The first-order valence-electron chi connectivity index (χ1n) is 10.4. The van der Waals surface area contributed by atoms with Crippen molar-refractivity contribution in [3.8, 4) is 0 Å². The Kier molecular flexibility index (Phi) is 7.80. The molecule has 0 bridgehead atoms. The molecule has 5 nitrogen and oxygen atoms in total. The topological polar surface area (TPSA) is 65.5 Å². The number of hydrogen-bond acceptors (Lipinski definition) is 5. The van der Waals surface area contributed by atoms with E-state index in [1.54, 1.807) is 31.3 Å². The lowest BCUT2D eigenvalue weighted by Crippen LogP contribution is -2.44. The number of carbonyl (C=O) groups is 1. The molecule has 2 N–H and O–H groups in total. The van der Waals surface area contributed by atoms with E-state index < -0.39 is 34.5 Å². The van der Waals surface area contributed by atoms with Gasteiger partial charge in [-0.05, 0) is 43.4 Å². The fraction of sp³-hybridized carbons (Fsp3) is 0.455. The van der Waals surface area contributed by atoms with E-state index in [-0.39, 0.29) is 18.7 Å². The number of thioether (sulfide) groups is 1. The molecule has 2 atom stereocenters. The lowest BCUT2D eigenvalue weighted by atomic mass is 10.0. The molecule has 1 aromatic heterocycles. The second-order valence-corrected chi connectivity index (χ2v) is 9.62. The van der Waals surface area contributed by atoms with Crippen LogP contribution in [0.25, 0.3) is 10.9 Å². The van der Waals surface area contributed by atoms with Crippen molar-refractivity contribution in [1.29, 1.82) is 0 Å². The first kappa shape index (κ1) is 25.6. The molecule has 1 aliphatic rings. The van der Waals surface area contributed by atoms with Crippen molar-refractivity contribution in [2.24, 2.45) is 5.92 Å². The highest BCUT2D eigenvalue weighted by Gasteiger charge is 2.51. The second-order valence-electron chi connectivity index (χ2n) is 7.87. The molecule has 1 amide bonds. The zero-order chi connectivity index (χ0) is 24.4. The highest BCUT2D eigenvalue weighted by molar-refractivity contribution is 8.03. The fourth-order valence-electron chi connectivity index (χ4n) is 3.91. The van der Waals surface area contributed by atoms with Crippen LogP contribution in [0.3, 0.4) is 0 Å². The van der Waals surface area contributed by atoms with Crippen LogP contribution in [0.4, 0.5) is 23.2 Å². The Hall–Kier alpha value is -2.04. The lowest BCUT2D eigenvalue weighted by molar-refractivity contribution is -0.143. The first-order valence-corrected chi connectivity index (χ1v) is 11.7. The number of halogens is 5. The average Bonchev–Trinajstić information content (AvgIpc) is 2.96. The van der Waals surface area contributed by atoms with Crippen molar-refractivity contribution >= 4 is 45.9 Å². The number of rotatable bonds is 8. The van der Waals surface area contributed by atoms with Crippen molar-refractivity contribution < 1.29 is 27.5 Å². The minimum Gasteiger partial charge on any atom is -0.384 e. The number of likely N-dealkylation sites (tertiary alicyclic amines) is 1. The van der Waals surface area contributed by atoms with Crippen LogP contribution in [0.1, 0.15) is 26.7 Å². The molecule has 0 aliphatic carbocycles. The van der Waals surface area contributed by atoms with Gasteiger partial charge in [-0.3, -0.25) is 9.78 Å². The largest absolute Gasteiger partial charge is 0.443 e. The Labute approximate surface area is 198 Å². The normalized spacial score (nSPS) is 22.1. The molecular formula is C22H24ClF4N3O2S. The molecule has 1 aromatic carbocycles. The minimum absolute atomic E-state index is 0.0991. The Morgan fingerprint density at radius 1 is 1.39 bits per heavy atom. The number of nitrogens with one attached hydrogen (secondary N) is 1. The first-order chi connectivity index (χ1) is 15.5. The number of anilines is 1. The van der Waals surface area contributed by atoms with E-state index in [1.807, 2.05) is 6.07 Å². The van der Waals surface area contributed by atoms with Crippen molar-refractivity contribution in [3.05, 3.63) is 46.2 Å². The van der Waals surface area contributed by atoms with Crippen molar-refractivity contribution in [2.75, 3.05) is 24.2 Å². The quantitative estimate of drug-likeness (QED) is 0.353. The summed E-state index contributed by atoms with van der Waals surface area (Å²) in [7, 11) is 0. The average molecular weight is 506 g/mol. The van der Waals surface area contributed by atoms with Gasteiger partial charge in [0.25, 0.3) is 0 Å². The maximum atomic E-state index is 14.1. The summed E-state index contributed by atoms with van der Waals surface area (Å²) in [5, 5.41) is 15.4. The number of carbonyl (C=O) groups excluding carboxylic acids is 1. The number of aliphatic hydroxyl groups is 1. The van der Waals surface area contributed by atoms with Crippen LogP contribution >= 0.6 is 23.4 Å². The van der Waals surface area contributed by atoms with Crippen LogP contribution in [0.2, 0.25) is 5.02 Å². The van der Waals surface area contributed by atoms with E-state index in [0.717, 1.165) is 16.0 Å². The predicted octanol–water partition coefficient (Wildman–Crippen LogP) is 5.74. The smallest absolute Gasteiger partial charge is 0.384 e. The highest BCUT2D eigenvalue weighted by atomic mass is 35.5. The van der Waals surface area contributed by atoms with Crippen LogP contribution in [0, 0.1) is 5.92 Å². The van der Waals surface area contributed by atoms with Gasteiger partial charge in [-0.15, -0.1) is 11.8 Å². The summed E-state index contributed by atoms with van der Waals surface area (Å²) in [6, 6.07) is 7.11. The van der Waals surface area contributed by atoms with Crippen molar-refractivity contribution in [2.45, 2.75) is 38.6 Å². The number of allylic oxidation sites excluding steroid dienone is 1. The third-order valence-corrected chi connectivity index (χ3v) is 6.70. The van der Waals surface area contributed by atoms with Crippen LogP contribution in [0.15, 0.2) is 41.2 Å². The maximum absolute atomic E-state index is 14.1. The Bertz CT molecular complexity index is 1060. The van der Waals surface area contributed by atoms with Crippen LogP contribution < -0.4 is 5.32 Å². The van der Waals surface area contributed by atoms with E-state index in [0.29, 0.717) is 35.3 Å². The van der Waals surface area contributed by atoms with Gasteiger partial charge in [0, 0.05) is 46.7 Å². The number of aromatic nitrogens is 1. The van der Waals surface area contributed by atoms with Gasteiger partial charge in [-0.25, -0.2) is 4.39 Å². The van der Waals surface area contributed by atoms with Crippen LogP contribution in [-0.2, 0) is 4.79 Å². The van der Waals surface area contributed by atoms with Gasteiger partial charge in [0.05, 0.1) is 11.4 Å². The Morgan fingerprint density at radius 3 is 2.79 bits per heavy atom. The molecule has 180 valence electrons. The zero-order valence-electron chi connectivity index (χ0n) is 18.0. The standard InChI is InChI=1S/C22H24ClF4N3O2S/c1-3-33-18(19(24)22(25,26)27)15-12-21(2,32)30(20(15)31)10-4-8-28-16-7-9-29-17-11-13(23)5-6-14(16)17/h5-7,9,11,15,32H,3-4,8,10,12H2,1-2H3,(H,28,29)/b19-18+/t15?,21-/m1/s1. The van der Waals surface area contributed by atoms with Gasteiger partial charge in [0.15, 0.2) is 0 Å². The zero-order valence-corrected chi connectivity index (χ0v) is 19.6. The number of alkyl halides is 3. The van der Waals surface area contributed by atoms with E-state index in [4.69, 9.17) is 11.6 Å². The van der Waals surface area contributed by atoms with Crippen LogP contribution in [0.5, 0.6) is 0 Å². The lowest BCUT2D eigenvalue weighted by Gasteiger charge is -2.30. The maximum Gasteiger partial charge on any atom is 0.443 e. The summed E-state index contributed by atoms with van der Waals surface area (Å²) in [4.78, 5) is 17.6. The van der Waals surface area contributed by atoms with Gasteiger partial charge in [0.2, 0.25) is 11.7 Å². The fourth-order valence-corrected chi connectivity index (χ4v) is 5.02. The molecule has 1 fully saturated rings. The molecule has 0 radical (unpaired) electrons. The third kappa shape index (κ3) is 5.73. The van der Waals surface area contributed by atoms with Crippen LogP contribution in [-0.4, -0.2) is 51.6 Å². The number of amides is 1. The molecule has 2 aromatic rings. The van der Waals surface area contributed by atoms with Gasteiger partial charge in [-0.2, -0.15) is 13.2 Å². The van der Waals surface area contributed by atoms with Gasteiger partial charge in [-0.1, -0.05) is 18.5 Å². The molecule has 1 aliphatic heterocycles. The highest BCUT2D eigenvalue weighted by Crippen LogP contribution is 2.45. The van der Waals surface area contributed by atoms with Gasteiger partial charge >= 0.3 is 6.18 Å². The molecule has 1 saturated heterocycles. The van der Waals surface area contributed by atoms with Gasteiger partial charge < -0.3 is 15.3 Å². The number of nitrogens with zero attached hydrogens (tertiary/aromatic N) is 2. The summed E-state index contributed by atoms with van der Waals surface area (Å²) in [6.07, 6.45) is -3.44. The summed E-state index contributed by atoms with van der Waals surface area (Å²) in [6.45, 7) is 3.46. The molecule has 33 heavy (non-hydrogen) atoms.